The average Bonchev–Trinajstić information content (AvgIpc) is 2.70. The normalized spacial score (nSPS) is 24.2. The summed E-state index contributed by atoms with van der Waals surface area (Å²) in [5, 5.41) is 3.27. The van der Waals surface area contributed by atoms with E-state index < -0.39 is 30.0 Å². The fourth-order valence-electron chi connectivity index (χ4n) is 3.29. The van der Waals surface area contributed by atoms with E-state index in [-0.39, 0.29) is 11.8 Å². The number of fused-ring (bicyclic) bond motifs is 2. The van der Waals surface area contributed by atoms with Gasteiger partial charge in [-0.3, -0.25) is 4.90 Å². The third kappa shape index (κ3) is 3.92. The number of hydrogen-bond acceptors (Lipinski definition) is 5. The Morgan fingerprint density at radius 2 is 2.08 bits per heavy atom. The van der Waals surface area contributed by atoms with Crippen LogP contribution in [0.5, 0.6) is 0 Å². The molecule has 3 heterocycles. The van der Waals surface area contributed by atoms with Gasteiger partial charge in [-0.15, -0.1) is 0 Å². The fourth-order valence-corrected chi connectivity index (χ4v) is 3.29. The van der Waals surface area contributed by atoms with E-state index in [1.807, 2.05) is 4.90 Å². The highest BCUT2D eigenvalue weighted by atomic mass is 19.4. The second-order valence-corrected chi connectivity index (χ2v) is 7.61. The summed E-state index contributed by atoms with van der Waals surface area (Å²) in [5.41, 5.74) is -1.64. The van der Waals surface area contributed by atoms with Gasteiger partial charge < -0.3 is 19.7 Å². The molecule has 1 atom stereocenters. The number of halogens is 3. The molecule has 0 bridgehead atoms. The van der Waals surface area contributed by atoms with Crippen LogP contribution < -0.4 is 5.32 Å². The minimum absolute atomic E-state index is 0.0574. The molecule has 1 fully saturated rings. The van der Waals surface area contributed by atoms with Crippen LogP contribution in [0.3, 0.4) is 0 Å². The van der Waals surface area contributed by atoms with Gasteiger partial charge in [0.15, 0.2) is 11.6 Å². The summed E-state index contributed by atoms with van der Waals surface area (Å²) in [6.07, 6.45) is -3.67. The second-order valence-electron chi connectivity index (χ2n) is 7.61. The third-order valence-corrected chi connectivity index (χ3v) is 4.42. The topological polar surface area (TPSA) is 54.0 Å². The number of nitrogens with one attached hydrogen (secondary N) is 1. The summed E-state index contributed by atoms with van der Waals surface area (Å²) in [7, 11) is 0. The molecular weight excluding hydrogens is 351 g/mol. The van der Waals surface area contributed by atoms with Crippen molar-refractivity contribution in [3.05, 3.63) is 23.2 Å². The molecule has 3 aliphatic heterocycles. The van der Waals surface area contributed by atoms with Crippen molar-refractivity contribution in [1.29, 1.82) is 0 Å². The number of allylic oxidation sites excluding steroid dienone is 1. The minimum atomic E-state index is -4.54. The van der Waals surface area contributed by atoms with Gasteiger partial charge in [-0.1, -0.05) is 0 Å². The van der Waals surface area contributed by atoms with Crippen molar-refractivity contribution in [3.63, 3.8) is 0 Å². The van der Waals surface area contributed by atoms with E-state index >= 15 is 0 Å². The van der Waals surface area contributed by atoms with Crippen LogP contribution in [0.4, 0.5) is 18.0 Å². The van der Waals surface area contributed by atoms with Crippen LogP contribution in [-0.2, 0) is 9.47 Å². The van der Waals surface area contributed by atoms with E-state index in [1.54, 1.807) is 20.8 Å². The predicted octanol–water partition coefficient (Wildman–Crippen LogP) is 2.59. The van der Waals surface area contributed by atoms with Crippen molar-refractivity contribution >= 4 is 6.09 Å². The molecule has 1 amide bonds. The number of rotatable bonds is 0. The van der Waals surface area contributed by atoms with Crippen molar-refractivity contribution in [3.8, 4) is 0 Å². The number of carbonyl (C=O) groups excluding carboxylic acids is 1. The number of piperazine rings is 1. The van der Waals surface area contributed by atoms with Crippen LogP contribution in [0.15, 0.2) is 23.2 Å². The average molecular weight is 375 g/mol. The number of carbonyl (C=O) groups is 1. The van der Waals surface area contributed by atoms with Crippen LogP contribution in [-0.4, -0.2) is 66.5 Å². The molecular formula is C17H24F3N3O3. The third-order valence-electron chi connectivity index (χ3n) is 4.42. The molecule has 0 radical (unpaired) electrons. The van der Waals surface area contributed by atoms with Crippen molar-refractivity contribution in [1.82, 2.24) is 15.1 Å². The SMILES string of the molecule is CC(C)(C)OC(=O)N1CC(C(F)(F)F)=CC2=C1N1CCNCC1CCO2. The van der Waals surface area contributed by atoms with Crippen LogP contribution in [0, 0.1) is 0 Å². The Labute approximate surface area is 150 Å². The lowest BCUT2D eigenvalue weighted by molar-refractivity contribution is -0.0967. The molecule has 0 aromatic rings. The van der Waals surface area contributed by atoms with E-state index in [0.717, 1.165) is 11.0 Å². The molecule has 1 saturated heterocycles. The van der Waals surface area contributed by atoms with E-state index in [2.05, 4.69) is 5.32 Å². The Bertz CT molecular complexity index is 637. The van der Waals surface area contributed by atoms with E-state index in [1.165, 1.54) is 0 Å². The van der Waals surface area contributed by atoms with Gasteiger partial charge in [0.25, 0.3) is 0 Å². The smallest absolute Gasteiger partial charge is 0.416 e. The van der Waals surface area contributed by atoms with Gasteiger partial charge in [0.05, 0.1) is 18.7 Å². The molecule has 1 unspecified atom stereocenters. The standard InChI is InChI=1S/C17H24F3N3O3/c1-16(2,3)26-15(24)23-10-11(17(18,19)20)8-13-14(23)22-6-5-21-9-12(22)4-7-25-13/h8,12,21H,4-7,9-10H2,1-3H3. The molecule has 0 aliphatic carbocycles. The van der Waals surface area contributed by atoms with Crippen LogP contribution in [0.25, 0.3) is 0 Å². The van der Waals surface area contributed by atoms with Gasteiger partial charge in [-0.05, 0) is 26.8 Å². The zero-order chi connectivity index (χ0) is 19.1. The fraction of sp³-hybridized carbons (Fsp3) is 0.706. The summed E-state index contributed by atoms with van der Waals surface area (Å²) < 4.78 is 51.1. The quantitative estimate of drug-likeness (QED) is 0.705. The van der Waals surface area contributed by atoms with E-state index in [4.69, 9.17) is 9.47 Å². The zero-order valence-electron chi connectivity index (χ0n) is 15.2. The van der Waals surface area contributed by atoms with Crippen LogP contribution in [0.1, 0.15) is 27.2 Å². The molecule has 3 aliphatic rings. The van der Waals surface area contributed by atoms with Gasteiger partial charge in [-0.2, -0.15) is 13.2 Å². The van der Waals surface area contributed by atoms with Gasteiger partial charge in [-0.25, -0.2) is 4.79 Å². The Hall–Kier alpha value is -1.90. The minimum Gasteiger partial charge on any atom is -0.490 e. The highest BCUT2D eigenvalue weighted by Crippen LogP contribution is 2.37. The summed E-state index contributed by atoms with van der Waals surface area (Å²) in [6, 6.07) is 0.0574. The lowest BCUT2D eigenvalue weighted by Crippen LogP contribution is -2.55. The molecule has 0 saturated carbocycles. The maximum absolute atomic E-state index is 13.4. The van der Waals surface area contributed by atoms with Crippen molar-refractivity contribution < 1.29 is 27.4 Å². The number of amides is 1. The Morgan fingerprint density at radius 3 is 2.73 bits per heavy atom. The first-order valence-electron chi connectivity index (χ1n) is 8.69. The molecule has 3 rings (SSSR count). The summed E-state index contributed by atoms with van der Waals surface area (Å²) in [6.45, 7) is 6.72. The number of hydrogen-bond donors (Lipinski definition) is 1. The number of nitrogens with zero attached hydrogens (tertiary/aromatic N) is 2. The second kappa shape index (κ2) is 6.68. The summed E-state index contributed by atoms with van der Waals surface area (Å²) >= 11 is 0. The molecule has 146 valence electrons. The van der Waals surface area contributed by atoms with Crippen LogP contribution in [0.2, 0.25) is 0 Å². The lowest BCUT2D eigenvalue weighted by Gasteiger charge is -2.43. The highest BCUT2D eigenvalue weighted by Gasteiger charge is 2.44. The number of alkyl halides is 3. The first-order chi connectivity index (χ1) is 12.1. The zero-order valence-corrected chi connectivity index (χ0v) is 15.2. The molecule has 26 heavy (non-hydrogen) atoms. The van der Waals surface area contributed by atoms with Crippen LogP contribution >= 0.6 is 0 Å². The maximum Gasteiger partial charge on any atom is 0.416 e. The number of ether oxygens (including phenoxy) is 2. The van der Waals surface area contributed by atoms with Gasteiger partial charge in [0.1, 0.15) is 5.60 Å². The Balaban J connectivity index is 2.03. The van der Waals surface area contributed by atoms with E-state index in [9.17, 15) is 18.0 Å². The molecule has 0 aromatic heterocycles. The predicted molar refractivity (Wildman–Crippen MR) is 88.0 cm³/mol. The first-order valence-corrected chi connectivity index (χ1v) is 8.69. The van der Waals surface area contributed by atoms with Gasteiger partial charge in [0, 0.05) is 32.1 Å². The largest absolute Gasteiger partial charge is 0.490 e. The Morgan fingerprint density at radius 1 is 1.35 bits per heavy atom. The molecule has 6 nitrogen and oxygen atoms in total. The summed E-state index contributed by atoms with van der Waals surface area (Å²) in [4.78, 5) is 15.7. The molecule has 1 N–H and O–H groups in total. The highest BCUT2D eigenvalue weighted by molar-refractivity contribution is 5.72. The summed E-state index contributed by atoms with van der Waals surface area (Å²) in [5.74, 6) is 0.454. The van der Waals surface area contributed by atoms with Crippen molar-refractivity contribution in [2.24, 2.45) is 0 Å². The molecule has 0 aromatic carbocycles. The van der Waals surface area contributed by atoms with Crippen molar-refractivity contribution in [2.45, 2.75) is 45.0 Å². The van der Waals surface area contributed by atoms with Gasteiger partial charge >= 0.3 is 12.3 Å². The Kier molecular flexibility index (Phi) is 4.85. The van der Waals surface area contributed by atoms with E-state index in [0.29, 0.717) is 38.5 Å². The lowest BCUT2D eigenvalue weighted by atomic mass is 10.1. The first kappa shape index (κ1) is 18.9. The van der Waals surface area contributed by atoms with Gasteiger partial charge in [0.2, 0.25) is 0 Å². The maximum atomic E-state index is 13.4. The monoisotopic (exact) mass is 375 g/mol. The van der Waals surface area contributed by atoms with Crippen molar-refractivity contribution in [2.75, 3.05) is 32.8 Å². The molecule has 0 spiro atoms. The molecule has 9 heteroatoms.